The van der Waals surface area contributed by atoms with Crippen LogP contribution in [-0.2, 0) is 14.3 Å². The largest absolute Gasteiger partial charge is 0.481 e. The molecule has 3 unspecified atom stereocenters. The maximum Gasteiger partial charge on any atom is 0.309 e. The Balaban J connectivity index is 2.54. The minimum Gasteiger partial charge on any atom is -0.481 e. The Bertz CT molecular complexity index is 365. The van der Waals surface area contributed by atoms with Gasteiger partial charge >= 0.3 is 5.97 Å². The summed E-state index contributed by atoms with van der Waals surface area (Å²) < 4.78 is 11.6. The number of aliphatic hydroxyl groups excluding tert-OH is 1. The minimum absolute atomic E-state index is 0.200. The van der Waals surface area contributed by atoms with Gasteiger partial charge in [0.15, 0.2) is 6.29 Å². The van der Waals surface area contributed by atoms with Crippen LogP contribution in [0.1, 0.15) is 77.6 Å². The number of aliphatic carboxylic acids is 1. The SMILES string of the molecule is C=CCCC(CC(O)[C@@H](CCCCCC)C(=O)O)OC1CCCCO1. The summed E-state index contributed by atoms with van der Waals surface area (Å²) in [6.45, 7) is 6.56. The van der Waals surface area contributed by atoms with E-state index in [-0.39, 0.29) is 12.4 Å². The molecule has 0 aliphatic carbocycles. The summed E-state index contributed by atoms with van der Waals surface area (Å²) in [5, 5.41) is 20.0. The van der Waals surface area contributed by atoms with Gasteiger partial charge in [-0.3, -0.25) is 4.79 Å². The van der Waals surface area contributed by atoms with E-state index in [1.165, 1.54) is 0 Å². The highest BCUT2D eigenvalue weighted by Crippen LogP contribution is 2.24. The molecule has 0 aromatic carbocycles. The van der Waals surface area contributed by atoms with E-state index in [9.17, 15) is 15.0 Å². The van der Waals surface area contributed by atoms with E-state index in [1.54, 1.807) is 0 Å². The second-order valence-corrected chi connectivity index (χ2v) is 7.02. The average Bonchev–Trinajstić information content (AvgIpc) is 2.60. The van der Waals surface area contributed by atoms with Gasteiger partial charge in [0.25, 0.3) is 0 Å². The molecule has 1 aliphatic heterocycles. The summed E-state index contributed by atoms with van der Waals surface area (Å²) in [7, 11) is 0. The molecule has 0 aromatic heterocycles. The number of unbranched alkanes of at least 4 members (excludes halogenated alkanes) is 3. The molecule has 1 rings (SSSR count). The molecule has 1 saturated heterocycles. The molecule has 0 aromatic rings. The van der Waals surface area contributed by atoms with E-state index in [1.807, 2.05) is 6.08 Å². The van der Waals surface area contributed by atoms with Crippen LogP contribution in [0.4, 0.5) is 0 Å². The molecular formula is C20H36O5. The Hall–Kier alpha value is -0.910. The van der Waals surface area contributed by atoms with Crippen LogP contribution in [0.15, 0.2) is 12.7 Å². The number of rotatable bonds is 14. The fourth-order valence-corrected chi connectivity index (χ4v) is 3.28. The quantitative estimate of drug-likeness (QED) is 0.359. The number of carboxylic acids is 1. The first-order valence-corrected chi connectivity index (χ1v) is 9.87. The van der Waals surface area contributed by atoms with Crippen LogP contribution in [0, 0.1) is 5.92 Å². The molecule has 0 amide bonds. The van der Waals surface area contributed by atoms with Gasteiger partial charge in [-0.1, -0.05) is 38.7 Å². The summed E-state index contributed by atoms with van der Waals surface area (Å²) in [6, 6.07) is 0. The van der Waals surface area contributed by atoms with Gasteiger partial charge in [0.1, 0.15) is 0 Å². The van der Waals surface area contributed by atoms with E-state index >= 15 is 0 Å². The highest BCUT2D eigenvalue weighted by Gasteiger charge is 2.30. The maximum atomic E-state index is 11.5. The topological polar surface area (TPSA) is 76.0 Å². The van der Waals surface area contributed by atoms with Crippen molar-refractivity contribution in [2.24, 2.45) is 5.92 Å². The van der Waals surface area contributed by atoms with Crippen molar-refractivity contribution in [3.8, 4) is 0 Å². The third-order valence-corrected chi connectivity index (χ3v) is 4.83. The van der Waals surface area contributed by atoms with Crippen molar-refractivity contribution in [1.29, 1.82) is 0 Å². The summed E-state index contributed by atoms with van der Waals surface area (Å²) in [6.07, 6.45) is 9.91. The standard InChI is InChI=1S/C20H36O5/c1-3-5-7-8-12-17(20(22)23)18(21)15-16(11-6-4-2)25-19-13-9-10-14-24-19/h4,16-19,21H,2-3,5-15H2,1H3,(H,22,23)/t16?,17-,18?,19?/m1/s1. The van der Waals surface area contributed by atoms with E-state index in [0.717, 1.165) is 57.8 Å². The molecule has 0 saturated carbocycles. The molecule has 1 aliphatic rings. The zero-order valence-electron chi connectivity index (χ0n) is 15.7. The van der Waals surface area contributed by atoms with Gasteiger partial charge in [-0.25, -0.2) is 0 Å². The number of allylic oxidation sites excluding steroid dienone is 1. The molecule has 2 N–H and O–H groups in total. The Morgan fingerprint density at radius 2 is 2.12 bits per heavy atom. The first kappa shape index (κ1) is 22.1. The molecule has 0 bridgehead atoms. The molecule has 0 radical (unpaired) electrons. The summed E-state index contributed by atoms with van der Waals surface area (Å²) in [5.41, 5.74) is 0. The zero-order chi connectivity index (χ0) is 18.5. The third kappa shape index (κ3) is 9.38. The van der Waals surface area contributed by atoms with E-state index < -0.39 is 18.0 Å². The molecule has 146 valence electrons. The van der Waals surface area contributed by atoms with Crippen molar-refractivity contribution >= 4 is 5.97 Å². The van der Waals surface area contributed by atoms with Gasteiger partial charge in [0.2, 0.25) is 0 Å². The number of hydrogen-bond donors (Lipinski definition) is 2. The fourth-order valence-electron chi connectivity index (χ4n) is 3.28. The number of ether oxygens (including phenoxy) is 2. The monoisotopic (exact) mass is 356 g/mol. The van der Waals surface area contributed by atoms with Crippen LogP contribution >= 0.6 is 0 Å². The lowest BCUT2D eigenvalue weighted by atomic mass is 9.91. The van der Waals surface area contributed by atoms with Crippen molar-refractivity contribution in [3.05, 3.63) is 12.7 Å². The molecule has 1 fully saturated rings. The normalized spacial score (nSPS) is 21.4. The lowest BCUT2D eigenvalue weighted by molar-refractivity contribution is -0.195. The van der Waals surface area contributed by atoms with Crippen molar-refractivity contribution < 1.29 is 24.5 Å². The number of hydrogen-bond acceptors (Lipinski definition) is 4. The summed E-state index contributed by atoms with van der Waals surface area (Å²) >= 11 is 0. The second-order valence-electron chi connectivity index (χ2n) is 7.02. The fraction of sp³-hybridized carbons (Fsp3) is 0.850. The van der Waals surface area contributed by atoms with E-state index in [0.29, 0.717) is 19.4 Å². The molecule has 1 heterocycles. The summed E-state index contributed by atoms with van der Waals surface area (Å²) in [4.78, 5) is 11.5. The van der Waals surface area contributed by atoms with Gasteiger partial charge in [0, 0.05) is 13.0 Å². The Labute approximate surface area is 152 Å². The average molecular weight is 357 g/mol. The molecular weight excluding hydrogens is 320 g/mol. The Kier molecular flexibility index (Phi) is 11.8. The van der Waals surface area contributed by atoms with E-state index in [4.69, 9.17) is 9.47 Å². The van der Waals surface area contributed by atoms with E-state index in [2.05, 4.69) is 13.5 Å². The van der Waals surface area contributed by atoms with Crippen molar-refractivity contribution in [1.82, 2.24) is 0 Å². The van der Waals surface area contributed by atoms with Gasteiger partial charge < -0.3 is 19.7 Å². The van der Waals surface area contributed by atoms with Gasteiger partial charge in [0.05, 0.1) is 18.1 Å². The maximum absolute atomic E-state index is 11.5. The van der Waals surface area contributed by atoms with Crippen LogP contribution in [-0.4, -0.2) is 41.3 Å². The third-order valence-electron chi connectivity index (χ3n) is 4.83. The lowest BCUT2D eigenvalue weighted by Gasteiger charge is -2.30. The van der Waals surface area contributed by atoms with Crippen LogP contribution in [0.3, 0.4) is 0 Å². The summed E-state index contributed by atoms with van der Waals surface area (Å²) in [5.74, 6) is -1.64. The van der Waals surface area contributed by atoms with Crippen LogP contribution in [0.5, 0.6) is 0 Å². The van der Waals surface area contributed by atoms with Gasteiger partial charge in [-0.15, -0.1) is 6.58 Å². The van der Waals surface area contributed by atoms with Crippen LogP contribution in [0.25, 0.3) is 0 Å². The van der Waals surface area contributed by atoms with Crippen molar-refractivity contribution in [2.75, 3.05) is 6.61 Å². The highest BCUT2D eigenvalue weighted by molar-refractivity contribution is 5.70. The molecule has 5 nitrogen and oxygen atoms in total. The minimum atomic E-state index is -0.916. The number of carboxylic acid groups (broad SMARTS) is 1. The Morgan fingerprint density at radius 1 is 1.32 bits per heavy atom. The van der Waals surface area contributed by atoms with Gasteiger partial charge in [-0.2, -0.15) is 0 Å². The number of carbonyl (C=O) groups is 1. The second kappa shape index (κ2) is 13.3. The number of aliphatic hydroxyl groups is 1. The first-order chi connectivity index (χ1) is 12.1. The highest BCUT2D eigenvalue weighted by atomic mass is 16.7. The van der Waals surface area contributed by atoms with Crippen molar-refractivity contribution in [3.63, 3.8) is 0 Å². The van der Waals surface area contributed by atoms with Crippen molar-refractivity contribution in [2.45, 2.75) is 96.1 Å². The molecule has 5 heteroatoms. The zero-order valence-corrected chi connectivity index (χ0v) is 15.7. The first-order valence-electron chi connectivity index (χ1n) is 9.87. The Morgan fingerprint density at radius 3 is 2.72 bits per heavy atom. The molecule has 4 atom stereocenters. The van der Waals surface area contributed by atoms with Gasteiger partial charge in [-0.05, 0) is 38.5 Å². The predicted octanol–water partition coefficient (Wildman–Crippen LogP) is 4.29. The predicted molar refractivity (Wildman–Crippen MR) is 98.4 cm³/mol. The van der Waals surface area contributed by atoms with Crippen LogP contribution in [0.2, 0.25) is 0 Å². The lowest BCUT2D eigenvalue weighted by Crippen LogP contribution is -2.35. The van der Waals surface area contributed by atoms with Crippen LogP contribution < -0.4 is 0 Å². The molecule has 25 heavy (non-hydrogen) atoms. The molecule has 0 spiro atoms. The smallest absolute Gasteiger partial charge is 0.309 e.